The monoisotopic (exact) mass is 486 g/mol. The average molecular weight is 486 g/mol. The smallest absolute Gasteiger partial charge is 0.191 e. The third-order valence-corrected chi connectivity index (χ3v) is 5.46. The van der Waals surface area contributed by atoms with Gasteiger partial charge in [-0.2, -0.15) is 0 Å². The van der Waals surface area contributed by atoms with E-state index in [-0.39, 0.29) is 24.0 Å². The Morgan fingerprint density at radius 3 is 2.81 bits per heavy atom. The Morgan fingerprint density at radius 2 is 2.07 bits per heavy atom. The number of nitrogens with one attached hydrogen (secondary N) is 2. The number of nitrogens with zero attached hydrogens (tertiary/aromatic N) is 2. The molecule has 2 aliphatic rings. The number of halogens is 1. The van der Waals surface area contributed by atoms with Gasteiger partial charge in [0.2, 0.25) is 0 Å². The molecule has 1 saturated heterocycles. The Kier molecular flexibility index (Phi) is 9.68. The Hall–Kier alpha value is -1.02. The molecule has 5 nitrogen and oxygen atoms in total. The van der Waals surface area contributed by atoms with Gasteiger partial charge < -0.3 is 15.4 Å². The lowest BCUT2D eigenvalue weighted by atomic mass is 10.2. The Morgan fingerprint density at radius 1 is 1.26 bits per heavy atom. The van der Waals surface area contributed by atoms with Crippen LogP contribution in [-0.2, 0) is 6.54 Å². The third kappa shape index (κ3) is 6.82. The van der Waals surface area contributed by atoms with Crippen molar-refractivity contribution in [2.45, 2.75) is 64.1 Å². The SMILES string of the molecule is CCCOc1cccc(CNC(=NC)NC2CCN(C3CCCC3)C2)c1.I. The van der Waals surface area contributed by atoms with Crippen LogP contribution in [0.15, 0.2) is 29.3 Å². The lowest BCUT2D eigenvalue weighted by Crippen LogP contribution is -2.45. The van der Waals surface area contributed by atoms with E-state index in [1.165, 1.54) is 44.2 Å². The van der Waals surface area contributed by atoms with Gasteiger partial charge in [0.05, 0.1) is 6.61 Å². The number of benzene rings is 1. The van der Waals surface area contributed by atoms with Gasteiger partial charge in [0.1, 0.15) is 5.75 Å². The van der Waals surface area contributed by atoms with Crippen LogP contribution in [0, 0.1) is 0 Å². The van der Waals surface area contributed by atoms with Crippen LogP contribution in [0.1, 0.15) is 51.0 Å². The minimum atomic E-state index is 0. The van der Waals surface area contributed by atoms with E-state index in [1.54, 1.807) is 0 Å². The first-order valence-electron chi connectivity index (χ1n) is 10.2. The molecule has 0 aromatic heterocycles. The second-order valence-electron chi connectivity index (χ2n) is 7.48. The minimum Gasteiger partial charge on any atom is -0.494 e. The maximum absolute atomic E-state index is 5.72. The van der Waals surface area contributed by atoms with Gasteiger partial charge in [-0.25, -0.2) is 0 Å². The van der Waals surface area contributed by atoms with Crippen LogP contribution < -0.4 is 15.4 Å². The van der Waals surface area contributed by atoms with Gasteiger partial charge in [0.25, 0.3) is 0 Å². The lowest BCUT2D eigenvalue weighted by molar-refractivity contribution is 0.242. The zero-order valence-corrected chi connectivity index (χ0v) is 19.1. The summed E-state index contributed by atoms with van der Waals surface area (Å²) in [4.78, 5) is 7.08. The first kappa shape index (κ1) is 22.3. The first-order chi connectivity index (χ1) is 12.8. The number of hydrogen-bond donors (Lipinski definition) is 2. The van der Waals surface area contributed by atoms with E-state index in [0.29, 0.717) is 6.04 Å². The van der Waals surface area contributed by atoms with Crippen molar-refractivity contribution in [2.24, 2.45) is 4.99 Å². The van der Waals surface area contributed by atoms with Crippen LogP contribution in [0.2, 0.25) is 0 Å². The molecule has 1 aliphatic heterocycles. The molecule has 1 aromatic carbocycles. The van der Waals surface area contributed by atoms with Crippen molar-refractivity contribution in [1.29, 1.82) is 0 Å². The van der Waals surface area contributed by atoms with Crippen molar-refractivity contribution in [2.75, 3.05) is 26.7 Å². The molecule has 3 rings (SSSR count). The molecule has 0 radical (unpaired) electrons. The molecule has 1 heterocycles. The molecule has 27 heavy (non-hydrogen) atoms. The molecule has 2 fully saturated rings. The summed E-state index contributed by atoms with van der Waals surface area (Å²) in [5, 5.41) is 7.05. The standard InChI is InChI=1S/C21H34N4O.HI/c1-3-13-26-20-10-6-7-17(14-20)15-23-21(22-2)24-18-11-12-25(16-18)19-8-4-5-9-19;/h6-7,10,14,18-19H,3-5,8-9,11-13,15-16H2,1-2H3,(H2,22,23,24);1H. The van der Waals surface area contributed by atoms with Crippen molar-refractivity contribution in [3.8, 4) is 5.75 Å². The summed E-state index contributed by atoms with van der Waals surface area (Å²) in [6, 6.07) is 9.62. The molecule has 152 valence electrons. The van der Waals surface area contributed by atoms with Crippen LogP contribution >= 0.6 is 24.0 Å². The maximum atomic E-state index is 5.72. The zero-order valence-electron chi connectivity index (χ0n) is 16.7. The van der Waals surface area contributed by atoms with Crippen molar-refractivity contribution in [3.63, 3.8) is 0 Å². The highest BCUT2D eigenvalue weighted by atomic mass is 127. The fourth-order valence-corrected chi connectivity index (χ4v) is 4.05. The van der Waals surface area contributed by atoms with Gasteiger partial charge in [-0.1, -0.05) is 31.9 Å². The summed E-state index contributed by atoms with van der Waals surface area (Å²) in [6.07, 6.45) is 7.81. The number of ether oxygens (including phenoxy) is 1. The van der Waals surface area contributed by atoms with E-state index in [1.807, 2.05) is 13.1 Å². The molecule has 1 aliphatic carbocycles. The van der Waals surface area contributed by atoms with Crippen molar-refractivity contribution < 1.29 is 4.74 Å². The fraction of sp³-hybridized carbons (Fsp3) is 0.667. The Bertz CT molecular complexity index is 589. The van der Waals surface area contributed by atoms with Crippen LogP contribution in [0.25, 0.3) is 0 Å². The van der Waals surface area contributed by atoms with Gasteiger partial charge in [-0.15, -0.1) is 24.0 Å². The average Bonchev–Trinajstić information content (AvgIpc) is 3.35. The number of likely N-dealkylation sites (tertiary alicyclic amines) is 1. The van der Waals surface area contributed by atoms with E-state index in [2.05, 4.69) is 45.6 Å². The number of hydrogen-bond acceptors (Lipinski definition) is 3. The minimum absolute atomic E-state index is 0. The van der Waals surface area contributed by atoms with Gasteiger partial charge >= 0.3 is 0 Å². The predicted molar refractivity (Wildman–Crippen MR) is 123 cm³/mol. The van der Waals surface area contributed by atoms with Crippen LogP contribution in [0.4, 0.5) is 0 Å². The third-order valence-electron chi connectivity index (χ3n) is 5.46. The van der Waals surface area contributed by atoms with Gasteiger partial charge in [0.15, 0.2) is 5.96 Å². The van der Waals surface area contributed by atoms with Crippen LogP contribution in [0.3, 0.4) is 0 Å². The Balaban J connectivity index is 0.00000261. The fourth-order valence-electron chi connectivity index (χ4n) is 4.05. The number of rotatable bonds is 7. The molecule has 0 spiro atoms. The largest absolute Gasteiger partial charge is 0.494 e. The van der Waals surface area contributed by atoms with Crippen LogP contribution in [0.5, 0.6) is 5.75 Å². The molecule has 6 heteroatoms. The van der Waals surface area contributed by atoms with E-state index < -0.39 is 0 Å². The second-order valence-corrected chi connectivity index (χ2v) is 7.48. The summed E-state index contributed by atoms with van der Waals surface area (Å²) in [7, 11) is 1.85. The summed E-state index contributed by atoms with van der Waals surface area (Å²) >= 11 is 0. The van der Waals surface area contributed by atoms with Gasteiger partial charge in [-0.05, 0) is 43.4 Å². The quantitative estimate of drug-likeness (QED) is 0.350. The molecule has 0 amide bonds. The molecule has 1 aromatic rings. The summed E-state index contributed by atoms with van der Waals surface area (Å²) in [5.74, 6) is 1.83. The summed E-state index contributed by atoms with van der Waals surface area (Å²) < 4.78 is 5.72. The highest BCUT2D eigenvalue weighted by Gasteiger charge is 2.30. The highest BCUT2D eigenvalue weighted by molar-refractivity contribution is 14.0. The first-order valence-corrected chi connectivity index (χ1v) is 10.2. The van der Waals surface area contributed by atoms with E-state index in [9.17, 15) is 0 Å². The molecule has 1 unspecified atom stereocenters. The van der Waals surface area contributed by atoms with E-state index in [0.717, 1.165) is 43.9 Å². The van der Waals surface area contributed by atoms with Gasteiger partial charge in [-0.3, -0.25) is 9.89 Å². The molecule has 2 N–H and O–H groups in total. The van der Waals surface area contributed by atoms with Crippen molar-refractivity contribution in [1.82, 2.24) is 15.5 Å². The Labute approximate surface area is 181 Å². The maximum Gasteiger partial charge on any atom is 0.191 e. The number of guanidine groups is 1. The lowest BCUT2D eigenvalue weighted by Gasteiger charge is -2.24. The second kappa shape index (κ2) is 11.7. The van der Waals surface area contributed by atoms with E-state index in [4.69, 9.17) is 4.74 Å². The van der Waals surface area contributed by atoms with Crippen LogP contribution in [-0.4, -0.2) is 49.7 Å². The van der Waals surface area contributed by atoms with E-state index >= 15 is 0 Å². The summed E-state index contributed by atoms with van der Waals surface area (Å²) in [5.41, 5.74) is 1.21. The van der Waals surface area contributed by atoms with Crippen molar-refractivity contribution in [3.05, 3.63) is 29.8 Å². The van der Waals surface area contributed by atoms with Crippen molar-refractivity contribution >= 4 is 29.9 Å². The zero-order chi connectivity index (χ0) is 18.2. The molecule has 1 saturated carbocycles. The topological polar surface area (TPSA) is 48.9 Å². The normalized spacial score (nSPS) is 21.1. The molecular formula is C21H35IN4O. The summed E-state index contributed by atoms with van der Waals surface area (Å²) in [6.45, 7) is 6.00. The predicted octanol–water partition coefficient (Wildman–Crippen LogP) is 3.78. The number of aliphatic imine (C=N–C) groups is 1. The highest BCUT2D eigenvalue weighted by Crippen LogP contribution is 2.26. The molecule has 1 atom stereocenters. The molecular weight excluding hydrogens is 451 g/mol. The molecule has 0 bridgehead atoms. The van der Waals surface area contributed by atoms with Gasteiger partial charge in [0, 0.05) is 38.8 Å².